The first-order valence-electron chi connectivity index (χ1n) is 5.87. The van der Waals surface area contributed by atoms with Crippen molar-refractivity contribution in [3.8, 4) is 0 Å². The third-order valence-electron chi connectivity index (χ3n) is 2.98. The molecule has 0 aliphatic heterocycles. The summed E-state index contributed by atoms with van der Waals surface area (Å²) in [5.41, 5.74) is 2.44. The van der Waals surface area contributed by atoms with Crippen molar-refractivity contribution in [3.05, 3.63) is 42.1 Å². The van der Waals surface area contributed by atoms with E-state index in [2.05, 4.69) is 41.5 Å². The Balaban J connectivity index is 2.50. The first kappa shape index (κ1) is 11.1. The molecule has 1 heterocycles. The van der Waals surface area contributed by atoms with E-state index in [0.29, 0.717) is 6.04 Å². The molecule has 2 nitrogen and oxygen atoms in total. The van der Waals surface area contributed by atoms with E-state index in [0.717, 1.165) is 11.9 Å². The number of benzene rings is 1. The summed E-state index contributed by atoms with van der Waals surface area (Å²) in [7, 11) is 2.02. The average Bonchev–Trinajstić information content (AvgIpc) is 2.35. The number of hydrogen-bond acceptors (Lipinski definition) is 2. The van der Waals surface area contributed by atoms with E-state index < -0.39 is 0 Å². The van der Waals surface area contributed by atoms with Crippen LogP contribution in [0.1, 0.15) is 31.4 Å². The molecule has 0 bridgehead atoms. The van der Waals surface area contributed by atoms with E-state index in [1.807, 2.05) is 19.3 Å². The summed E-state index contributed by atoms with van der Waals surface area (Å²) in [6.45, 7) is 2.22. The highest BCUT2D eigenvalue weighted by molar-refractivity contribution is 5.82. The van der Waals surface area contributed by atoms with Crippen LogP contribution in [0.4, 0.5) is 0 Å². The average molecular weight is 214 g/mol. The lowest BCUT2D eigenvalue weighted by atomic mass is 9.99. The molecule has 0 spiro atoms. The van der Waals surface area contributed by atoms with Gasteiger partial charge in [0.15, 0.2) is 0 Å². The van der Waals surface area contributed by atoms with Crippen molar-refractivity contribution < 1.29 is 0 Å². The minimum absolute atomic E-state index is 0.429. The minimum Gasteiger partial charge on any atom is -0.313 e. The van der Waals surface area contributed by atoms with Gasteiger partial charge in [0, 0.05) is 17.6 Å². The molecule has 0 aliphatic carbocycles. The molecule has 1 atom stereocenters. The molecular formula is C14H18N2. The van der Waals surface area contributed by atoms with Crippen molar-refractivity contribution in [2.45, 2.75) is 25.8 Å². The summed E-state index contributed by atoms with van der Waals surface area (Å²) in [6.07, 6.45) is 4.24. The Hall–Kier alpha value is -1.41. The van der Waals surface area contributed by atoms with Gasteiger partial charge < -0.3 is 5.32 Å². The summed E-state index contributed by atoms with van der Waals surface area (Å²) < 4.78 is 0. The summed E-state index contributed by atoms with van der Waals surface area (Å²) in [5.74, 6) is 0. The van der Waals surface area contributed by atoms with Gasteiger partial charge in [-0.1, -0.05) is 31.5 Å². The molecule has 84 valence electrons. The molecule has 2 heteroatoms. The molecule has 0 fully saturated rings. The molecule has 2 rings (SSSR count). The van der Waals surface area contributed by atoms with Crippen LogP contribution in [-0.2, 0) is 0 Å². The predicted molar refractivity (Wildman–Crippen MR) is 68.5 cm³/mol. The maximum absolute atomic E-state index is 4.39. The number of fused-ring (bicyclic) bond motifs is 1. The van der Waals surface area contributed by atoms with Gasteiger partial charge in [-0.25, -0.2) is 0 Å². The Morgan fingerprint density at radius 2 is 2.06 bits per heavy atom. The number of para-hydroxylation sites is 1. The normalized spacial score (nSPS) is 12.9. The van der Waals surface area contributed by atoms with Crippen molar-refractivity contribution in [2.24, 2.45) is 0 Å². The predicted octanol–water partition coefficient (Wildman–Crippen LogP) is 3.30. The van der Waals surface area contributed by atoms with Gasteiger partial charge in [-0.3, -0.25) is 4.98 Å². The van der Waals surface area contributed by atoms with E-state index in [9.17, 15) is 0 Å². The fourth-order valence-corrected chi connectivity index (χ4v) is 2.17. The van der Waals surface area contributed by atoms with Crippen molar-refractivity contribution in [1.82, 2.24) is 10.3 Å². The van der Waals surface area contributed by atoms with Crippen LogP contribution in [0, 0.1) is 0 Å². The second kappa shape index (κ2) is 5.08. The highest BCUT2D eigenvalue weighted by Gasteiger charge is 2.11. The van der Waals surface area contributed by atoms with Crippen LogP contribution in [0.3, 0.4) is 0 Å². The minimum atomic E-state index is 0.429. The van der Waals surface area contributed by atoms with Crippen LogP contribution < -0.4 is 5.32 Å². The van der Waals surface area contributed by atoms with Gasteiger partial charge in [-0.2, -0.15) is 0 Å². The van der Waals surface area contributed by atoms with E-state index >= 15 is 0 Å². The van der Waals surface area contributed by atoms with Gasteiger partial charge in [-0.15, -0.1) is 0 Å². The smallest absolute Gasteiger partial charge is 0.0705 e. The molecule has 2 aromatic rings. The third kappa shape index (κ3) is 2.07. The van der Waals surface area contributed by atoms with Crippen LogP contribution in [0.15, 0.2) is 36.5 Å². The molecule has 1 unspecified atom stereocenters. The van der Waals surface area contributed by atoms with E-state index in [4.69, 9.17) is 0 Å². The molecule has 16 heavy (non-hydrogen) atoms. The molecular weight excluding hydrogens is 196 g/mol. The fraction of sp³-hybridized carbons (Fsp3) is 0.357. The van der Waals surface area contributed by atoms with Gasteiger partial charge in [0.2, 0.25) is 0 Å². The van der Waals surface area contributed by atoms with Crippen LogP contribution in [0.2, 0.25) is 0 Å². The lowest BCUT2D eigenvalue weighted by molar-refractivity contribution is 0.545. The topological polar surface area (TPSA) is 24.9 Å². The molecule has 0 radical (unpaired) electrons. The number of nitrogens with one attached hydrogen (secondary N) is 1. The number of nitrogens with zero attached hydrogens (tertiary/aromatic N) is 1. The highest BCUT2D eigenvalue weighted by atomic mass is 14.9. The zero-order valence-electron chi connectivity index (χ0n) is 9.90. The first-order chi connectivity index (χ1) is 7.86. The van der Waals surface area contributed by atoms with Gasteiger partial charge in [0.25, 0.3) is 0 Å². The molecule has 1 N–H and O–H groups in total. The van der Waals surface area contributed by atoms with Crippen molar-refractivity contribution in [2.75, 3.05) is 7.05 Å². The molecule has 0 saturated heterocycles. The Bertz CT molecular complexity index is 460. The van der Waals surface area contributed by atoms with Gasteiger partial charge in [0.05, 0.1) is 5.52 Å². The lowest BCUT2D eigenvalue weighted by Gasteiger charge is -2.17. The van der Waals surface area contributed by atoms with Crippen molar-refractivity contribution in [3.63, 3.8) is 0 Å². The van der Waals surface area contributed by atoms with Gasteiger partial charge in [0.1, 0.15) is 0 Å². The zero-order chi connectivity index (χ0) is 11.4. The van der Waals surface area contributed by atoms with Crippen molar-refractivity contribution >= 4 is 10.9 Å². The van der Waals surface area contributed by atoms with E-state index in [-0.39, 0.29) is 0 Å². The number of aromatic nitrogens is 1. The number of pyridine rings is 1. The summed E-state index contributed by atoms with van der Waals surface area (Å²) in [4.78, 5) is 4.39. The fourth-order valence-electron chi connectivity index (χ4n) is 2.17. The largest absolute Gasteiger partial charge is 0.313 e. The summed E-state index contributed by atoms with van der Waals surface area (Å²) >= 11 is 0. The Morgan fingerprint density at radius 3 is 2.81 bits per heavy atom. The third-order valence-corrected chi connectivity index (χ3v) is 2.98. The molecule has 1 aromatic carbocycles. The lowest BCUT2D eigenvalue weighted by Crippen LogP contribution is -2.16. The molecule has 1 aromatic heterocycles. The first-order valence-corrected chi connectivity index (χ1v) is 5.87. The number of hydrogen-bond donors (Lipinski definition) is 1. The quantitative estimate of drug-likeness (QED) is 0.844. The molecule has 0 aliphatic rings. The van der Waals surface area contributed by atoms with E-state index in [1.54, 1.807) is 0 Å². The maximum Gasteiger partial charge on any atom is 0.0705 e. The van der Waals surface area contributed by atoms with E-state index in [1.165, 1.54) is 17.4 Å². The van der Waals surface area contributed by atoms with Crippen LogP contribution in [0.5, 0.6) is 0 Å². The van der Waals surface area contributed by atoms with Crippen LogP contribution in [0.25, 0.3) is 10.9 Å². The second-order valence-electron chi connectivity index (χ2n) is 4.05. The molecule has 0 amide bonds. The Kier molecular flexibility index (Phi) is 3.52. The standard InChI is InChI=1S/C14H18N2/c1-3-6-13(15-2)12-9-10-16-14-8-5-4-7-11(12)14/h4-5,7-10,13,15H,3,6H2,1-2H3. The second-order valence-corrected chi connectivity index (χ2v) is 4.05. The summed E-state index contributed by atoms with van der Waals surface area (Å²) in [5, 5.41) is 4.65. The van der Waals surface area contributed by atoms with Gasteiger partial charge in [-0.05, 0) is 31.2 Å². The monoisotopic (exact) mass is 214 g/mol. The van der Waals surface area contributed by atoms with Gasteiger partial charge >= 0.3 is 0 Å². The number of rotatable bonds is 4. The zero-order valence-corrected chi connectivity index (χ0v) is 9.90. The van der Waals surface area contributed by atoms with Crippen LogP contribution in [-0.4, -0.2) is 12.0 Å². The Labute approximate surface area is 96.7 Å². The SMILES string of the molecule is CCCC(NC)c1ccnc2ccccc12. The molecule has 0 saturated carbocycles. The highest BCUT2D eigenvalue weighted by Crippen LogP contribution is 2.25. The maximum atomic E-state index is 4.39. The Morgan fingerprint density at radius 1 is 1.25 bits per heavy atom. The van der Waals surface area contributed by atoms with Crippen LogP contribution >= 0.6 is 0 Å². The van der Waals surface area contributed by atoms with Crippen molar-refractivity contribution in [1.29, 1.82) is 0 Å². The summed E-state index contributed by atoms with van der Waals surface area (Å²) in [6, 6.07) is 10.9.